The number of carbonyl (C=O) groups is 1. The van der Waals surface area contributed by atoms with Gasteiger partial charge >= 0.3 is 5.97 Å². The SMILES string of the molecule is CCCCCCCCCCCCC(CCC)(OC(=O)CCCC)c1ccccc1. The zero-order valence-electron chi connectivity index (χ0n) is 19.5. The fourth-order valence-electron chi connectivity index (χ4n) is 4.21. The predicted octanol–water partition coefficient (Wildman–Crippen LogP) is 8.73. The molecule has 0 spiro atoms. The summed E-state index contributed by atoms with van der Waals surface area (Å²) in [4.78, 5) is 12.5. The molecule has 0 aliphatic rings. The lowest BCUT2D eigenvalue weighted by atomic mass is 9.84. The van der Waals surface area contributed by atoms with E-state index < -0.39 is 5.60 Å². The van der Waals surface area contributed by atoms with Crippen LogP contribution in [0.5, 0.6) is 0 Å². The highest BCUT2D eigenvalue weighted by Gasteiger charge is 2.34. The van der Waals surface area contributed by atoms with Gasteiger partial charge in [0.25, 0.3) is 0 Å². The maximum Gasteiger partial charge on any atom is 0.306 e. The van der Waals surface area contributed by atoms with E-state index in [1.54, 1.807) is 0 Å². The Morgan fingerprint density at radius 3 is 1.79 bits per heavy atom. The van der Waals surface area contributed by atoms with Crippen LogP contribution in [-0.4, -0.2) is 5.97 Å². The molecule has 2 heteroatoms. The Bertz CT molecular complexity index is 511. The van der Waals surface area contributed by atoms with Gasteiger partial charge in [-0.05, 0) is 31.2 Å². The number of hydrogen-bond donors (Lipinski definition) is 0. The van der Waals surface area contributed by atoms with Crippen LogP contribution in [0.4, 0.5) is 0 Å². The number of rotatable bonds is 18. The highest BCUT2D eigenvalue weighted by atomic mass is 16.6. The largest absolute Gasteiger partial charge is 0.454 e. The molecule has 0 saturated carbocycles. The molecule has 0 aromatic heterocycles. The van der Waals surface area contributed by atoms with E-state index in [2.05, 4.69) is 45.0 Å². The molecule has 0 aliphatic carbocycles. The van der Waals surface area contributed by atoms with Crippen molar-refractivity contribution >= 4 is 5.97 Å². The van der Waals surface area contributed by atoms with Gasteiger partial charge in [-0.25, -0.2) is 0 Å². The van der Waals surface area contributed by atoms with E-state index in [9.17, 15) is 4.79 Å². The van der Waals surface area contributed by atoms with Gasteiger partial charge in [0.2, 0.25) is 0 Å². The van der Waals surface area contributed by atoms with Crippen LogP contribution in [0.2, 0.25) is 0 Å². The first-order chi connectivity index (χ1) is 14.2. The summed E-state index contributed by atoms with van der Waals surface area (Å²) in [6.07, 6.45) is 18.6. The second kappa shape index (κ2) is 16.5. The minimum Gasteiger partial charge on any atom is -0.454 e. The summed E-state index contributed by atoms with van der Waals surface area (Å²) in [5, 5.41) is 0. The molecule has 0 bridgehead atoms. The number of ether oxygens (including phenoxy) is 1. The summed E-state index contributed by atoms with van der Waals surface area (Å²) in [7, 11) is 0. The Morgan fingerprint density at radius 1 is 0.690 bits per heavy atom. The molecule has 1 unspecified atom stereocenters. The Hall–Kier alpha value is -1.31. The monoisotopic (exact) mass is 402 g/mol. The second-order valence-electron chi connectivity index (χ2n) is 8.62. The Labute approximate surface area is 180 Å². The van der Waals surface area contributed by atoms with Crippen LogP contribution in [0.3, 0.4) is 0 Å². The van der Waals surface area contributed by atoms with Crippen LogP contribution in [-0.2, 0) is 15.1 Å². The molecular weight excluding hydrogens is 356 g/mol. The first kappa shape index (κ1) is 25.7. The zero-order valence-corrected chi connectivity index (χ0v) is 19.5. The smallest absolute Gasteiger partial charge is 0.306 e. The summed E-state index contributed by atoms with van der Waals surface area (Å²) >= 11 is 0. The molecule has 1 atom stereocenters. The molecular formula is C27H46O2. The van der Waals surface area contributed by atoms with Gasteiger partial charge in [0.05, 0.1) is 0 Å². The lowest BCUT2D eigenvalue weighted by Crippen LogP contribution is -2.32. The Kier molecular flexibility index (Phi) is 14.6. The van der Waals surface area contributed by atoms with Crippen molar-refractivity contribution in [2.24, 2.45) is 0 Å². The van der Waals surface area contributed by atoms with Gasteiger partial charge in [0.1, 0.15) is 5.60 Å². The van der Waals surface area contributed by atoms with Gasteiger partial charge in [0.15, 0.2) is 0 Å². The van der Waals surface area contributed by atoms with Gasteiger partial charge < -0.3 is 4.74 Å². The number of carbonyl (C=O) groups excluding carboxylic acids is 1. The van der Waals surface area contributed by atoms with E-state index >= 15 is 0 Å². The molecule has 0 saturated heterocycles. The van der Waals surface area contributed by atoms with Crippen molar-refractivity contribution in [2.45, 2.75) is 129 Å². The van der Waals surface area contributed by atoms with E-state index in [1.165, 1.54) is 63.4 Å². The van der Waals surface area contributed by atoms with Gasteiger partial charge in [-0.15, -0.1) is 0 Å². The predicted molar refractivity (Wildman–Crippen MR) is 125 cm³/mol. The van der Waals surface area contributed by atoms with E-state index in [0.29, 0.717) is 6.42 Å². The molecule has 1 aromatic rings. The summed E-state index contributed by atoms with van der Waals surface area (Å²) in [5.74, 6) is -0.0313. The number of benzene rings is 1. The van der Waals surface area contributed by atoms with Crippen molar-refractivity contribution < 1.29 is 9.53 Å². The van der Waals surface area contributed by atoms with E-state index in [4.69, 9.17) is 4.74 Å². The second-order valence-corrected chi connectivity index (χ2v) is 8.62. The molecule has 0 fully saturated rings. The van der Waals surface area contributed by atoms with Crippen molar-refractivity contribution in [1.29, 1.82) is 0 Å². The quantitative estimate of drug-likeness (QED) is 0.181. The highest BCUT2D eigenvalue weighted by molar-refractivity contribution is 5.70. The maximum absolute atomic E-state index is 12.5. The van der Waals surface area contributed by atoms with Crippen molar-refractivity contribution in [1.82, 2.24) is 0 Å². The third kappa shape index (κ3) is 10.9. The molecule has 0 aliphatic heterocycles. The van der Waals surface area contributed by atoms with Gasteiger partial charge in [0, 0.05) is 6.42 Å². The molecule has 1 aromatic carbocycles. The molecule has 1 rings (SSSR count). The van der Waals surface area contributed by atoms with E-state index in [-0.39, 0.29) is 5.97 Å². The maximum atomic E-state index is 12.5. The van der Waals surface area contributed by atoms with Crippen molar-refractivity contribution in [3.63, 3.8) is 0 Å². The molecule has 166 valence electrons. The van der Waals surface area contributed by atoms with Crippen molar-refractivity contribution in [3.8, 4) is 0 Å². The standard InChI is InChI=1S/C27H46O2/c1-4-7-9-10-11-12-13-14-15-19-24-27(23-6-3,25-20-17-16-18-21-25)29-26(28)22-8-5-2/h16-18,20-21H,4-15,19,22-24H2,1-3H3. The normalized spacial score (nSPS) is 13.2. The van der Waals surface area contributed by atoms with Gasteiger partial charge in [-0.3, -0.25) is 4.79 Å². The first-order valence-electron chi connectivity index (χ1n) is 12.5. The molecule has 2 nitrogen and oxygen atoms in total. The van der Waals surface area contributed by atoms with Crippen LogP contribution in [0, 0.1) is 0 Å². The minimum absolute atomic E-state index is 0.0313. The van der Waals surface area contributed by atoms with Crippen LogP contribution in [0.25, 0.3) is 0 Å². The lowest BCUT2D eigenvalue weighted by molar-refractivity contribution is -0.163. The van der Waals surface area contributed by atoms with E-state index in [1.807, 2.05) is 6.07 Å². The molecule has 0 N–H and O–H groups in total. The third-order valence-corrected chi connectivity index (χ3v) is 5.93. The summed E-state index contributed by atoms with van der Waals surface area (Å²) in [6, 6.07) is 10.5. The topological polar surface area (TPSA) is 26.3 Å². The van der Waals surface area contributed by atoms with Crippen molar-refractivity contribution in [2.75, 3.05) is 0 Å². The fraction of sp³-hybridized carbons (Fsp3) is 0.741. The van der Waals surface area contributed by atoms with Crippen LogP contribution in [0.15, 0.2) is 30.3 Å². The summed E-state index contributed by atoms with van der Waals surface area (Å²) < 4.78 is 6.21. The number of esters is 1. The molecule has 29 heavy (non-hydrogen) atoms. The highest BCUT2D eigenvalue weighted by Crippen LogP contribution is 2.37. The van der Waals surface area contributed by atoms with Crippen molar-refractivity contribution in [3.05, 3.63) is 35.9 Å². The lowest BCUT2D eigenvalue weighted by Gasteiger charge is -2.34. The number of hydrogen-bond acceptors (Lipinski definition) is 2. The van der Waals surface area contributed by atoms with Gasteiger partial charge in [-0.2, -0.15) is 0 Å². The minimum atomic E-state index is -0.443. The van der Waals surface area contributed by atoms with E-state index in [0.717, 1.165) is 38.5 Å². The van der Waals surface area contributed by atoms with Crippen LogP contribution >= 0.6 is 0 Å². The average Bonchev–Trinajstić information content (AvgIpc) is 2.74. The third-order valence-electron chi connectivity index (χ3n) is 5.93. The molecule has 0 amide bonds. The Balaban J connectivity index is 2.54. The Morgan fingerprint density at radius 2 is 1.24 bits per heavy atom. The summed E-state index contributed by atoms with van der Waals surface area (Å²) in [5.41, 5.74) is 0.726. The number of unbranched alkanes of at least 4 members (excludes halogenated alkanes) is 10. The fourth-order valence-corrected chi connectivity index (χ4v) is 4.21. The molecule has 0 radical (unpaired) electrons. The summed E-state index contributed by atoms with van der Waals surface area (Å²) in [6.45, 7) is 6.58. The van der Waals surface area contributed by atoms with Crippen LogP contribution in [0.1, 0.15) is 129 Å². The average molecular weight is 403 g/mol. The zero-order chi connectivity index (χ0) is 21.2. The van der Waals surface area contributed by atoms with Crippen LogP contribution < -0.4 is 0 Å². The first-order valence-corrected chi connectivity index (χ1v) is 12.5. The van der Waals surface area contributed by atoms with Gasteiger partial charge in [-0.1, -0.05) is 122 Å². The molecule has 0 heterocycles.